The van der Waals surface area contributed by atoms with Crippen LogP contribution in [0.5, 0.6) is 23.0 Å². The lowest BCUT2D eigenvalue weighted by Crippen LogP contribution is -2.32. The molecule has 0 saturated heterocycles. The van der Waals surface area contributed by atoms with Gasteiger partial charge in [-0.3, -0.25) is 4.79 Å². The zero-order valence-electron chi connectivity index (χ0n) is 27.2. The molecule has 0 aromatic heterocycles. The molecule has 0 bridgehead atoms. The molecule has 41 heavy (non-hydrogen) atoms. The van der Waals surface area contributed by atoms with Crippen LogP contribution in [0.15, 0.2) is 36.4 Å². The van der Waals surface area contributed by atoms with Crippen molar-refractivity contribution in [1.82, 2.24) is 0 Å². The van der Waals surface area contributed by atoms with Crippen molar-refractivity contribution < 1.29 is 34.0 Å². The molecule has 0 spiro atoms. The van der Waals surface area contributed by atoms with Crippen molar-refractivity contribution in [3.63, 3.8) is 0 Å². The van der Waals surface area contributed by atoms with E-state index in [2.05, 4.69) is 20.8 Å². The molecule has 0 aliphatic carbocycles. The van der Waals surface area contributed by atoms with Crippen molar-refractivity contribution in [2.45, 2.75) is 113 Å². The maximum Gasteiger partial charge on any atom is 0.200 e. The molecular weight excluding hydrogens is 520 g/mol. The summed E-state index contributed by atoms with van der Waals surface area (Å²) in [5.41, 5.74) is -0.777. The number of rotatable bonds is 11. The Labute approximate surface area is 247 Å². The van der Waals surface area contributed by atoms with Gasteiger partial charge in [0.05, 0.1) is 23.3 Å². The molecule has 0 heterocycles. The zero-order chi connectivity index (χ0) is 31.4. The fourth-order valence-electron chi connectivity index (χ4n) is 3.94. The lowest BCUT2D eigenvalue weighted by Gasteiger charge is -2.27. The van der Waals surface area contributed by atoms with Crippen LogP contribution in [0.1, 0.15) is 105 Å². The smallest absolute Gasteiger partial charge is 0.200 e. The van der Waals surface area contributed by atoms with Gasteiger partial charge in [0, 0.05) is 12.1 Å². The lowest BCUT2D eigenvalue weighted by molar-refractivity contribution is 0.0216. The topological polar surface area (TPSA) is 94.5 Å². The summed E-state index contributed by atoms with van der Waals surface area (Å²) in [7, 11) is 0. The summed E-state index contributed by atoms with van der Waals surface area (Å²) in [5, 5.41) is 21.0. The average molecular weight is 573 g/mol. The van der Waals surface area contributed by atoms with Crippen molar-refractivity contribution in [3.05, 3.63) is 47.5 Å². The molecule has 0 amide bonds. The molecule has 2 atom stereocenters. The summed E-state index contributed by atoms with van der Waals surface area (Å²) < 4.78 is 24.2. The lowest BCUT2D eigenvalue weighted by atomic mass is 9.89. The molecule has 0 fully saturated rings. The van der Waals surface area contributed by atoms with E-state index >= 15 is 0 Å². The Morgan fingerprint density at radius 1 is 0.683 bits per heavy atom. The van der Waals surface area contributed by atoms with E-state index in [1.54, 1.807) is 36.4 Å². The van der Waals surface area contributed by atoms with Gasteiger partial charge in [0.25, 0.3) is 0 Å². The van der Waals surface area contributed by atoms with Crippen LogP contribution in [0.4, 0.5) is 0 Å². The number of benzene rings is 2. The monoisotopic (exact) mass is 572 g/mol. The van der Waals surface area contributed by atoms with E-state index in [0.717, 1.165) is 0 Å². The third-order valence-corrected chi connectivity index (χ3v) is 5.92. The Bertz CT molecular complexity index is 1160. The van der Waals surface area contributed by atoms with Crippen LogP contribution in [0.3, 0.4) is 0 Å². The molecule has 2 unspecified atom stereocenters. The number of ether oxygens (including phenoxy) is 4. The Balaban J connectivity index is 2.48. The number of hydrogen-bond donors (Lipinski definition) is 2. The number of ketones is 1. The quantitative estimate of drug-likeness (QED) is 0.274. The highest BCUT2D eigenvalue weighted by atomic mass is 16.5. The van der Waals surface area contributed by atoms with Crippen molar-refractivity contribution in [2.24, 2.45) is 10.8 Å². The third-order valence-electron chi connectivity index (χ3n) is 5.92. The summed E-state index contributed by atoms with van der Waals surface area (Å²) in [5.74, 6) is 1.42. The minimum Gasteiger partial charge on any atom is -0.491 e. The molecule has 2 N–H and O–H groups in total. The molecule has 0 radical (unpaired) electrons. The first kappa shape index (κ1) is 34.4. The van der Waals surface area contributed by atoms with Crippen LogP contribution >= 0.6 is 0 Å². The van der Waals surface area contributed by atoms with Gasteiger partial charge in [-0.05, 0) is 83.1 Å². The van der Waals surface area contributed by atoms with Gasteiger partial charge in [0.1, 0.15) is 47.4 Å². The summed E-state index contributed by atoms with van der Waals surface area (Å²) in [6, 6.07) is 10.2. The molecule has 2 aromatic carbocycles. The fourth-order valence-corrected chi connectivity index (χ4v) is 3.94. The van der Waals surface area contributed by atoms with Crippen molar-refractivity contribution in [3.8, 4) is 23.0 Å². The SMILES string of the molecule is CC(C)(C)CC(O)COc1cc(OC(C)(C)C)ccc1C(=O)c1ccc(OCC(O)C(C)(C)C)cc1OC(C)(C)C. The zero-order valence-corrected chi connectivity index (χ0v) is 27.2. The first-order chi connectivity index (χ1) is 18.5. The Morgan fingerprint density at radius 3 is 1.71 bits per heavy atom. The van der Waals surface area contributed by atoms with E-state index in [9.17, 15) is 15.0 Å². The molecule has 2 rings (SSSR count). The van der Waals surface area contributed by atoms with E-state index in [0.29, 0.717) is 40.5 Å². The average Bonchev–Trinajstić information content (AvgIpc) is 2.77. The van der Waals surface area contributed by atoms with Gasteiger partial charge < -0.3 is 29.2 Å². The largest absolute Gasteiger partial charge is 0.491 e. The fraction of sp³-hybridized carbons (Fsp3) is 0.618. The predicted octanol–water partition coefficient (Wildman–Crippen LogP) is 7.23. The number of carbonyl (C=O) groups excluding carboxylic acids is 1. The van der Waals surface area contributed by atoms with Gasteiger partial charge in [-0.1, -0.05) is 41.5 Å². The van der Waals surface area contributed by atoms with Crippen molar-refractivity contribution >= 4 is 5.78 Å². The number of carbonyl (C=O) groups is 1. The normalized spacial score (nSPS) is 14.3. The molecule has 2 aromatic rings. The predicted molar refractivity (Wildman–Crippen MR) is 164 cm³/mol. The van der Waals surface area contributed by atoms with Crippen molar-refractivity contribution in [1.29, 1.82) is 0 Å². The maximum absolute atomic E-state index is 14.0. The second-order valence-corrected chi connectivity index (χ2v) is 15.0. The van der Waals surface area contributed by atoms with E-state index in [4.69, 9.17) is 18.9 Å². The van der Waals surface area contributed by atoms with Gasteiger partial charge in [-0.15, -0.1) is 0 Å². The Morgan fingerprint density at radius 2 is 1.20 bits per heavy atom. The van der Waals surface area contributed by atoms with Crippen LogP contribution in [-0.4, -0.2) is 52.6 Å². The minimum atomic E-state index is -0.704. The van der Waals surface area contributed by atoms with Crippen LogP contribution in [-0.2, 0) is 0 Å². The Kier molecular flexibility index (Phi) is 10.9. The second kappa shape index (κ2) is 13.0. The van der Waals surface area contributed by atoms with Crippen molar-refractivity contribution in [2.75, 3.05) is 13.2 Å². The number of aliphatic hydroxyl groups excluding tert-OH is 2. The summed E-state index contributed by atoms with van der Waals surface area (Å²) in [4.78, 5) is 14.0. The van der Waals surface area contributed by atoms with Gasteiger partial charge in [-0.25, -0.2) is 0 Å². The highest BCUT2D eigenvalue weighted by Crippen LogP contribution is 2.35. The van der Waals surface area contributed by atoms with Gasteiger partial charge in [0.15, 0.2) is 5.78 Å². The third kappa shape index (κ3) is 11.9. The highest BCUT2D eigenvalue weighted by molar-refractivity contribution is 6.12. The van der Waals surface area contributed by atoms with Crippen LogP contribution in [0.2, 0.25) is 0 Å². The van der Waals surface area contributed by atoms with E-state index < -0.39 is 23.4 Å². The van der Waals surface area contributed by atoms with E-state index in [-0.39, 0.29) is 29.8 Å². The molecule has 0 saturated carbocycles. The summed E-state index contributed by atoms with van der Waals surface area (Å²) >= 11 is 0. The second-order valence-electron chi connectivity index (χ2n) is 15.0. The standard InChI is InChI=1S/C34H52O7/c1-31(2,3)19-22(35)20-39-27-18-24(40-33(7,8)9)14-16-25(27)30(37)26-15-13-23(17-28(26)41-34(10,11)12)38-21-29(36)32(4,5)6/h13-18,22,29,35-36H,19-21H2,1-12H3. The van der Waals surface area contributed by atoms with Gasteiger partial charge in [-0.2, -0.15) is 0 Å². The number of aliphatic hydroxyl groups is 2. The van der Waals surface area contributed by atoms with Gasteiger partial charge in [0.2, 0.25) is 0 Å². The van der Waals surface area contributed by atoms with E-state index in [1.165, 1.54) is 0 Å². The highest BCUT2D eigenvalue weighted by Gasteiger charge is 2.26. The maximum atomic E-state index is 14.0. The summed E-state index contributed by atoms with van der Waals surface area (Å²) in [6.45, 7) is 23.7. The first-order valence-corrected chi connectivity index (χ1v) is 14.4. The van der Waals surface area contributed by atoms with Crippen LogP contribution in [0.25, 0.3) is 0 Å². The van der Waals surface area contributed by atoms with Crippen LogP contribution in [0, 0.1) is 10.8 Å². The molecule has 7 heteroatoms. The van der Waals surface area contributed by atoms with E-state index in [1.807, 2.05) is 62.3 Å². The summed E-state index contributed by atoms with van der Waals surface area (Å²) in [6.07, 6.45) is -0.827. The molecule has 0 aliphatic rings. The van der Waals surface area contributed by atoms with Gasteiger partial charge >= 0.3 is 0 Å². The van der Waals surface area contributed by atoms with Crippen LogP contribution < -0.4 is 18.9 Å². The molecule has 7 nitrogen and oxygen atoms in total. The Hall–Kier alpha value is -2.77. The molecule has 230 valence electrons. The molecule has 0 aliphatic heterocycles. The minimum absolute atomic E-state index is 0.0325. The number of hydrogen-bond acceptors (Lipinski definition) is 7. The molecular formula is C34H52O7. The first-order valence-electron chi connectivity index (χ1n) is 14.4.